The zero-order valence-corrected chi connectivity index (χ0v) is 16.6. The van der Waals surface area contributed by atoms with Gasteiger partial charge < -0.3 is 15.4 Å². The number of amides is 2. The first-order chi connectivity index (χ1) is 12.2. The van der Waals surface area contributed by atoms with Gasteiger partial charge in [-0.15, -0.1) is 0 Å². The van der Waals surface area contributed by atoms with Crippen LogP contribution in [0.3, 0.4) is 0 Å². The Morgan fingerprint density at radius 1 is 1.15 bits per heavy atom. The minimum absolute atomic E-state index is 0.199. The molecule has 0 aliphatic carbocycles. The number of nitrogens with one attached hydrogen (secondary N) is 2. The molecule has 2 amide bonds. The van der Waals surface area contributed by atoms with Crippen LogP contribution in [-0.4, -0.2) is 29.1 Å². The van der Waals surface area contributed by atoms with Gasteiger partial charge in [0.25, 0.3) is 5.91 Å². The molecule has 0 aliphatic rings. The van der Waals surface area contributed by atoms with Gasteiger partial charge in [-0.1, -0.05) is 22.0 Å². The van der Waals surface area contributed by atoms with Gasteiger partial charge in [-0.3, -0.25) is 9.78 Å². The van der Waals surface area contributed by atoms with E-state index in [0.29, 0.717) is 24.2 Å². The number of pyridine rings is 1. The fourth-order valence-corrected chi connectivity index (χ4v) is 2.72. The zero-order chi connectivity index (χ0) is 19.2. The van der Waals surface area contributed by atoms with Gasteiger partial charge in [0, 0.05) is 34.7 Å². The average molecular weight is 420 g/mol. The molecule has 0 saturated heterocycles. The third kappa shape index (κ3) is 6.48. The molecule has 0 radical (unpaired) electrons. The maximum Gasteiger partial charge on any atom is 0.407 e. The Labute approximate surface area is 161 Å². The van der Waals surface area contributed by atoms with Crippen molar-refractivity contribution in [2.75, 3.05) is 11.9 Å². The molecule has 2 aromatic rings. The lowest BCUT2D eigenvalue weighted by molar-refractivity contribution is 0.0528. The minimum atomic E-state index is -0.519. The monoisotopic (exact) mass is 419 g/mol. The lowest BCUT2D eigenvalue weighted by atomic mass is 10.1. The second-order valence-electron chi connectivity index (χ2n) is 6.67. The summed E-state index contributed by atoms with van der Waals surface area (Å²) in [4.78, 5) is 27.9. The number of alkyl carbamates (subject to hydrolysis) is 1. The van der Waals surface area contributed by atoms with Crippen LogP contribution >= 0.6 is 15.9 Å². The Balaban J connectivity index is 1.90. The highest BCUT2D eigenvalue weighted by atomic mass is 79.9. The molecule has 0 saturated carbocycles. The summed E-state index contributed by atoms with van der Waals surface area (Å²) in [5.74, 6) is -0.199. The van der Waals surface area contributed by atoms with Crippen LogP contribution in [0.15, 0.2) is 47.2 Å². The Bertz CT molecular complexity index is 773. The van der Waals surface area contributed by atoms with Crippen LogP contribution in [0.1, 0.15) is 36.7 Å². The van der Waals surface area contributed by atoms with Gasteiger partial charge in [-0.05, 0) is 57.0 Å². The van der Waals surface area contributed by atoms with Crippen molar-refractivity contribution in [2.45, 2.75) is 32.8 Å². The predicted octanol–water partition coefficient (Wildman–Crippen LogP) is 4.16. The summed E-state index contributed by atoms with van der Waals surface area (Å²) in [6.07, 6.45) is 3.41. The van der Waals surface area contributed by atoms with Crippen molar-refractivity contribution in [3.8, 4) is 0 Å². The molecule has 2 rings (SSSR count). The van der Waals surface area contributed by atoms with Crippen LogP contribution in [0.25, 0.3) is 0 Å². The summed E-state index contributed by atoms with van der Waals surface area (Å²) in [7, 11) is 0. The molecule has 1 aromatic carbocycles. The van der Waals surface area contributed by atoms with Gasteiger partial charge in [0.15, 0.2) is 0 Å². The van der Waals surface area contributed by atoms with Crippen LogP contribution < -0.4 is 10.6 Å². The Hall–Kier alpha value is -2.41. The third-order valence-electron chi connectivity index (χ3n) is 3.32. The topological polar surface area (TPSA) is 80.3 Å². The SMILES string of the molecule is CC(C)(C)OC(=O)NCCc1ccc(C(=O)Nc2ccncc2)cc1Br. The van der Waals surface area contributed by atoms with Gasteiger partial charge in [-0.2, -0.15) is 0 Å². The number of hydrogen-bond donors (Lipinski definition) is 2. The summed E-state index contributed by atoms with van der Waals surface area (Å²) in [5, 5.41) is 5.53. The lowest BCUT2D eigenvalue weighted by Crippen LogP contribution is -2.33. The number of carbonyl (C=O) groups is 2. The molecule has 7 heteroatoms. The van der Waals surface area contributed by atoms with E-state index in [-0.39, 0.29) is 5.91 Å². The molecule has 0 atom stereocenters. The number of hydrogen-bond acceptors (Lipinski definition) is 4. The van der Waals surface area contributed by atoms with Crippen molar-refractivity contribution in [3.63, 3.8) is 0 Å². The van der Waals surface area contributed by atoms with Gasteiger partial charge in [-0.25, -0.2) is 4.79 Å². The van der Waals surface area contributed by atoms with Crippen LogP contribution in [0.5, 0.6) is 0 Å². The molecule has 0 spiro atoms. The standard InChI is InChI=1S/C19H22BrN3O3/c1-19(2,3)26-18(25)22-11-6-13-4-5-14(12-16(13)20)17(24)23-15-7-9-21-10-8-15/h4-5,7-10,12H,6,11H2,1-3H3,(H,22,25)(H,21,23,24). The van der Waals surface area contributed by atoms with Crippen molar-refractivity contribution >= 4 is 33.6 Å². The number of nitrogens with zero attached hydrogens (tertiary/aromatic N) is 1. The smallest absolute Gasteiger partial charge is 0.407 e. The molecular weight excluding hydrogens is 398 g/mol. The first-order valence-electron chi connectivity index (χ1n) is 8.21. The van der Waals surface area contributed by atoms with E-state index in [1.54, 1.807) is 36.7 Å². The highest BCUT2D eigenvalue weighted by Gasteiger charge is 2.15. The molecule has 26 heavy (non-hydrogen) atoms. The number of rotatable bonds is 5. The van der Waals surface area contributed by atoms with E-state index in [9.17, 15) is 9.59 Å². The summed E-state index contributed by atoms with van der Waals surface area (Å²) in [5.41, 5.74) is 1.69. The van der Waals surface area contributed by atoms with Gasteiger partial charge in [0.2, 0.25) is 0 Å². The van der Waals surface area contributed by atoms with E-state index >= 15 is 0 Å². The van der Waals surface area contributed by atoms with Crippen LogP contribution in [0, 0.1) is 0 Å². The molecule has 0 aliphatic heterocycles. The molecule has 138 valence electrons. The summed E-state index contributed by atoms with van der Waals surface area (Å²) < 4.78 is 6.00. The van der Waals surface area contributed by atoms with Crippen LogP contribution in [-0.2, 0) is 11.2 Å². The van der Waals surface area contributed by atoms with Gasteiger partial charge in [0.05, 0.1) is 0 Å². The highest BCUT2D eigenvalue weighted by Crippen LogP contribution is 2.20. The normalized spacial score (nSPS) is 10.9. The molecule has 0 bridgehead atoms. The van der Waals surface area contributed by atoms with Crippen molar-refractivity contribution in [1.29, 1.82) is 0 Å². The van der Waals surface area contributed by atoms with E-state index < -0.39 is 11.7 Å². The van der Waals surface area contributed by atoms with Crippen LogP contribution in [0.2, 0.25) is 0 Å². The van der Waals surface area contributed by atoms with E-state index in [1.807, 2.05) is 26.8 Å². The molecule has 0 fully saturated rings. The van der Waals surface area contributed by atoms with E-state index in [4.69, 9.17) is 4.74 Å². The molecule has 2 N–H and O–H groups in total. The summed E-state index contributed by atoms with van der Waals surface area (Å²) >= 11 is 3.48. The fourth-order valence-electron chi connectivity index (χ4n) is 2.14. The molecule has 6 nitrogen and oxygen atoms in total. The second kappa shape index (κ2) is 8.80. The molecule has 1 heterocycles. The second-order valence-corrected chi connectivity index (χ2v) is 7.53. The first-order valence-corrected chi connectivity index (χ1v) is 9.00. The Kier molecular flexibility index (Phi) is 6.74. The number of halogens is 1. The number of aromatic nitrogens is 1. The molecular formula is C19H22BrN3O3. The number of anilines is 1. The Morgan fingerprint density at radius 3 is 2.46 bits per heavy atom. The quantitative estimate of drug-likeness (QED) is 0.761. The largest absolute Gasteiger partial charge is 0.444 e. The van der Waals surface area contributed by atoms with Crippen molar-refractivity contribution in [3.05, 3.63) is 58.3 Å². The highest BCUT2D eigenvalue weighted by molar-refractivity contribution is 9.10. The van der Waals surface area contributed by atoms with Gasteiger partial charge >= 0.3 is 6.09 Å². The van der Waals surface area contributed by atoms with Crippen molar-refractivity contribution in [1.82, 2.24) is 10.3 Å². The van der Waals surface area contributed by atoms with Crippen LogP contribution in [0.4, 0.5) is 10.5 Å². The van der Waals surface area contributed by atoms with Crippen molar-refractivity contribution < 1.29 is 14.3 Å². The van der Waals surface area contributed by atoms with E-state index in [1.165, 1.54) is 0 Å². The predicted molar refractivity (Wildman–Crippen MR) is 104 cm³/mol. The fraction of sp³-hybridized carbons (Fsp3) is 0.316. The summed E-state index contributed by atoms with van der Waals surface area (Å²) in [6.45, 7) is 5.90. The maximum absolute atomic E-state index is 12.3. The van der Waals surface area contributed by atoms with Crippen molar-refractivity contribution in [2.24, 2.45) is 0 Å². The Morgan fingerprint density at radius 2 is 1.85 bits per heavy atom. The number of ether oxygens (including phenoxy) is 1. The summed E-state index contributed by atoms with van der Waals surface area (Å²) in [6, 6.07) is 8.83. The molecule has 0 unspecified atom stereocenters. The number of carbonyl (C=O) groups excluding carboxylic acids is 2. The van der Waals surface area contributed by atoms with E-state index in [0.717, 1.165) is 10.0 Å². The lowest BCUT2D eigenvalue weighted by Gasteiger charge is -2.19. The minimum Gasteiger partial charge on any atom is -0.444 e. The zero-order valence-electron chi connectivity index (χ0n) is 15.0. The number of benzene rings is 1. The van der Waals surface area contributed by atoms with E-state index in [2.05, 4.69) is 31.5 Å². The third-order valence-corrected chi connectivity index (χ3v) is 4.05. The maximum atomic E-state index is 12.3. The van der Waals surface area contributed by atoms with Gasteiger partial charge in [0.1, 0.15) is 5.60 Å². The molecule has 1 aromatic heterocycles. The average Bonchev–Trinajstić information content (AvgIpc) is 2.55. The first kappa shape index (κ1) is 19.9.